The lowest BCUT2D eigenvalue weighted by molar-refractivity contribution is -0.121. The van der Waals surface area contributed by atoms with Crippen LogP contribution in [-0.2, 0) is 11.3 Å². The number of phenolic OH excluding ortho intramolecular Hbond substituents is 1. The largest absolute Gasteiger partial charge is 0.504 e. The number of ether oxygens (including phenoxy) is 1. The van der Waals surface area contributed by atoms with Crippen molar-refractivity contribution < 1.29 is 14.6 Å². The number of unbranched alkanes of at least 4 members (excludes halogenated alkanes) is 15. The van der Waals surface area contributed by atoms with Crippen molar-refractivity contribution in [2.24, 2.45) is 0 Å². The lowest BCUT2D eigenvalue weighted by atomic mass is 10.1. The maximum Gasteiger partial charge on any atom is 0.220 e. The van der Waals surface area contributed by atoms with Gasteiger partial charge in [-0.25, -0.2) is 0 Å². The highest BCUT2D eigenvalue weighted by Gasteiger charge is 2.05. The van der Waals surface area contributed by atoms with E-state index >= 15 is 0 Å². The maximum atomic E-state index is 12.0. The van der Waals surface area contributed by atoms with Crippen molar-refractivity contribution in [3.05, 3.63) is 23.8 Å². The number of hydrogen-bond acceptors (Lipinski definition) is 3. The quantitative estimate of drug-likeness (QED) is 0.149. The van der Waals surface area contributed by atoms with E-state index in [1.54, 1.807) is 18.2 Å². The molecule has 4 heteroatoms. The molecule has 0 fully saturated rings. The SMILES string of the molecule is CCCCCCCCC#CCCCCCCCCCCCC(=O)NCc1ccc(O)c(OC)c1. The molecule has 0 aliphatic carbocycles. The summed E-state index contributed by atoms with van der Waals surface area (Å²) < 4.78 is 5.10. The first kappa shape index (κ1) is 29.9. The fourth-order valence-corrected chi connectivity index (χ4v) is 4.03. The number of carbonyl (C=O) groups excluding carboxylic acids is 1. The van der Waals surface area contributed by atoms with Crippen molar-refractivity contribution in [2.45, 2.75) is 129 Å². The van der Waals surface area contributed by atoms with E-state index in [0.717, 1.165) is 31.2 Å². The molecule has 192 valence electrons. The Balaban J connectivity index is 1.85. The molecule has 1 aromatic rings. The van der Waals surface area contributed by atoms with Crippen molar-refractivity contribution in [1.82, 2.24) is 5.32 Å². The molecule has 1 aromatic carbocycles. The molecule has 0 aliphatic rings. The van der Waals surface area contributed by atoms with E-state index in [2.05, 4.69) is 24.1 Å². The summed E-state index contributed by atoms with van der Waals surface area (Å²) in [7, 11) is 1.52. The molecule has 1 amide bonds. The van der Waals surface area contributed by atoms with E-state index in [4.69, 9.17) is 4.74 Å². The highest BCUT2D eigenvalue weighted by molar-refractivity contribution is 5.75. The topological polar surface area (TPSA) is 58.6 Å². The monoisotopic (exact) mass is 471 g/mol. The molecule has 0 radical (unpaired) electrons. The Labute approximate surface area is 209 Å². The van der Waals surface area contributed by atoms with Crippen LogP contribution >= 0.6 is 0 Å². The summed E-state index contributed by atoms with van der Waals surface area (Å²) in [5.74, 6) is 7.32. The number of amides is 1. The van der Waals surface area contributed by atoms with E-state index in [1.165, 1.54) is 90.6 Å². The second-order valence-electron chi connectivity index (χ2n) is 9.34. The predicted molar refractivity (Wildman–Crippen MR) is 143 cm³/mol. The van der Waals surface area contributed by atoms with E-state index in [-0.39, 0.29) is 11.7 Å². The van der Waals surface area contributed by atoms with Gasteiger partial charge in [0.2, 0.25) is 5.91 Å². The van der Waals surface area contributed by atoms with E-state index in [0.29, 0.717) is 18.7 Å². The summed E-state index contributed by atoms with van der Waals surface area (Å²) >= 11 is 0. The average molecular weight is 472 g/mol. The van der Waals surface area contributed by atoms with Crippen LogP contribution in [0.5, 0.6) is 11.5 Å². The molecule has 0 spiro atoms. The number of rotatable bonds is 20. The lowest BCUT2D eigenvalue weighted by Gasteiger charge is -2.08. The van der Waals surface area contributed by atoms with Gasteiger partial charge in [0.15, 0.2) is 11.5 Å². The van der Waals surface area contributed by atoms with Crippen molar-refractivity contribution >= 4 is 5.91 Å². The first-order chi connectivity index (χ1) is 16.7. The fourth-order valence-electron chi connectivity index (χ4n) is 4.03. The number of nitrogens with one attached hydrogen (secondary N) is 1. The molecule has 0 aliphatic heterocycles. The Bertz CT molecular complexity index is 705. The molecular weight excluding hydrogens is 422 g/mol. The Morgan fingerprint density at radius 2 is 1.35 bits per heavy atom. The lowest BCUT2D eigenvalue weighted by Crippen LogP contribution is -2.22. The zero-order chi connectivity index (χ0) is 24.7. The molecule has 0 heterocycles. The second kappa shape index (κ2) is 21.4. The van der Waals surface area contributed by atoms with Gasteiger partial charge in [0.05, 0.1) is 7.11 Å². The Morgan fingerprint density at radius 3 is 1.91 bits per heavy atom. The highest BCUT2D eigenvalue weighted by Crippen LogP contribution is 2.26. The Hall–Kier alpha value is -2.15. The van der Waals surface area contributed by atoms with Gasteiger partial charge in [0.25, 0.3) is 0 Å². The van der Waals surface area contributed by atoms with Crippen molar-refractivity contribution in [3.8, 4) is 23.3 Å². The number of phenols is 1. The van der Waals surface area contributed by atoms with Gasteiger partial charge in [-0.2, -0.15) is 0 Å². The third-order valence-electron chi connectivity index (χ3n) is 6.22. The molecule has 2 N–H and O–H groups in total. The zero-order valence-corrected chi connectivity index (χ0v) is 21.9. The van der Waals surface area contributed by atoms with Crippen LogP contribution in [0.4, 0.5) is 0 Å². The smallest absolute Gasteiger partial charge is 0.220 e. The summed E-state index contributed by atoms with van der Waals surface area (Å²) in [5, 5.41) is 12.6. The summed E-state index contributed by atoms with van der Waals surface area (Å²) in [4.78, 5) is 12.0. The van der Waals surface area contributed by atoms with Gasteiger partial charge in [0.1, 0.15) is 0 Å². The fraction of sp³-hybridized carbons (Fsp3) is 0.700. The van der Waals surface area contributed by atoms with Gasteiger partial charge in [-0.1, -0.05) is 90.0 Å². The normalized spacial score (nSPS) is 10.5. The minimum Gasteiger partial charge on any atom is -0.504 e. The van der Waals surface area contributed by atoms with Crippen LogP contribution in [0.3, 0.4) is 0 Å². The van der Waals surface area contributed by atoms with E-state index in [9.17, 15) is 9.90 Å². The standard InChI is InChI=1S/C30H49NO3/c1-3-4-5-6-7-8-9-10-11-12-13-14-15-16-17-18-19-20-21-22-30(33)31-26-27-23-24-28(32)29(25-27)34-2/h23-25,32H,3-9,12-22,26H2,1-2H3,(H,31,33). The van der Waals surface area contributed by atoms with Gasteiger partial charge in [-0.15, -0.1) is 11.8 Å². The number of carbonyl (C=O) groups is 1. The van der Waals surface area contributed by atoms with Gasteiger partial charge >= 0.3 is 0 Å². The molecule has 0 atom stereocenters. The van der Waals surface area contributed by atoms with Crippen LogP contribution in [0.15, 0.2) is 18.2 Å². The minimum absolute atomic E-state index is 0.0853. The summed E-state index contributed by atoms with van der Waals surface area (Å²) in [6.07, 6.45) is 21.9. The van der Waals surface area contributed by atoms with E-state index < -0.39 is 0 Å². The van der Waals surface area contributed by atoms with Crippen molar-refractivity contribution in [1.29, 1.82) is 0 Å². The molecule has 4 nitrogen and oxygen atoms in total. The number of hydrogen-bond donors (Lipinski definition) is 2. The third-order valence-corrected chi connectivity index (χ3v) is 6.22. The zero-order valence-electron chi connectivity index (χ0n) is 21.9. The molecule has 0 unspecified atom stereocenters. The van der Waals surface area contributed by atoms with Crippen LogP contribution in [0.2, 0.25) is 0 Å². The molecule has 0 bridgehead atoms. The van der Waals surface area contributed by atoms with Crippen molar-refractivity contribution in [2.75, 3.05) is 7.11 Å². The third kappa shape index (κ3) is 16.5. The highest BCUT2D eigenvalue weighted by atomic mass is 16.5. The summed E-state index contributed by atoms with van der Waals surface area (Å²) in [5.41, 5.74) is 0.920. The second-order valence-corrected chi connectivity index (χ2v) is 9.34. The van der Waals surface area contributed by atoms with E-state index in [1.807, 2.05) is 0 Å². The van der Waals surface area contributed by atoms with Crippen LogP contribution in [0, 0.1) is 11.8 Å². The Kier molecular flexibility index (Phi) is 18.8. The minimum atomic E-state index is 0.0853. The van der Waals surface area contributed by atoms with Crippen LogP contribution in [-0.4, -0.2) is 18.1 Å². The molecular formula is C30H49NO3. The summed E-state index contributed by atoms with van der Waals surface area (Å²) in [6, 6.07) is 5.13. The predicted octanol–water partition coefficient (Wildman–Crippen LogP) is 8.06. The van der Waals surface area contributed by atoms with Crippen molar-refractivity contribution in [3.63, 3.8) is 0 Å². The van der Waals surface area contributed by atoms with Gasteiger partial charge in [-0.3, -0.25) is 4.79 Å². The van der Waals surface area contributed by atoms with Crippen LogP contribution in [0.1, 0.15) is 128 Å². The molecule has 34 heavy (non-hydrogen) atoms. The van der Waals surface area contributed by atoms with Gasteiger partial charge in [-0.05, 0) is 37.0 Å². The molecule has 1 rings (SSSR count). The van der Waals surface area contributed by atoms with Crippen LogP contribution < -0.4 is 10.1 Å². The van der Waals surface area contributed by atoms with Gasteiger partial charge < -0.3 is 15.2 Å². The number of methoxy groups -OCH3 is 1. The molecule has 0 saturated carbocycles. The molecule has 0 saturated heterocycles. The maximum absolute atomic E-state index is 12.0. The average Bonchev–Trinajstić information content (AvgIpc) is 2.85. The van der Waals surface area contributed by atoms with Gasteiger partial charge in [0, 0.05) is 25.8 Å². The Morgan fingerprint density at radius 1 is 0.824 bits per heavy atom. The number of aromatic hydroxyl groups is 1. The number of benzene rings is 1. The van der Waals surface area contributed by atoms with Crippen LogP contribution in [0.25, 0.3) is 0 Å². The first-order valence-electron chi connectivity index (χ1n) is 13.8. The first-order valence-corrected chi connectivity index (χ1v) is 13.8. The summed E-state index contributed by atoms with van der Waals surface area (Å²) in [6.45, 7) is 2.72. The molecule has 0 aromatic heterocycles.